The lowest BCUT2D eigenvalue weighted by Gasteiger charge is -2.35. The van der Waals surface area contributed by atoms with Gasteiger partial charge in [-0.2, -0.15) is 0 Å². The van der Waals surface area contributed by atoms with Gasteiger partial charge in [-0.1, -0.05) is 38.1 Å². The highest BCUT2D eigenvalue weighted by Crippen LogP contribution is 2.30. The van der Waals surface area contributed by atoms with Crippen molar-refractivity contribution in [1.29, 1.82) is 0 Å². The van der Waals surface area contributed by atoms with Crippen LogP contribution < -0.4 is 11.1 Å². The van der Waals surface area contributed by atoms with Gasteiger partial charge in [0.15, 0.2) is 0 Å². The van der Waals surface area contributed by atoms with E-state index >= 15 is 0 Å². The highest BCUT2D eigenvalue weighted by molar-refractivity contribution is 7.10. The van der Waals surface area contributed by atoms with E-state index in [4.69, 9.17) is 5.73 Å². The molecule has 148 valence electrons. The van der Waals surface area contributed by atoms with E-state index in [1.807, 2.05) is 11.3 Å². The number of fused-ring (bicyclic) bond motifs is 1. The van der Waals surface area contributed by atoms with Gasteiger partial charge in [0.05, 0.1) is 12.1 Å². The fourth-order valence-electron chi connectivity index (χ4n) is 3.46. The number of nitrogens with zero attached hydrogens (tertiary/aromatic N) is 1. The lowest BCUT2D eigenvalue weighted by molar-refractivity contribution is -0.122. The fourth-order valence-corrected chi connectivity index (χ4v) is 4.35. The quantitative estimate of drug-likeness (QED) is 0.764. The van der Waals surface area contributed by atoms with Crippen LogP contribution in [0.5, 0.6) is 0 Å². The van der Waals surface area contributed by atoms with Crippen LogP contribution in [0.15, 0.2) is 35.7 Å². The van der Waals surface area contributed by atoms with Crippen molar-refractivity contribution in [3.8, 4) is 0 Å². The van der Waals surface area contributed by atoms with E-state index in [0.717, 1.165) is 19.5 Å². The number of carbonyl (C=O) groups is 1. The molecule has 0 aliphatic carbocycles. The predicted molar refractivity (Wildman–Crippen MR) is 116 cm³/mol. The molecule has 0 bridgehead atoms. The maximum Gasteiger partial charge on any atom is 0.236 e. The van der Waals surface area contributed by atoms with Gasteiger partial charge in [0.2, 0.25) is 5.91 Å². The van der Waals surface area contributed by atoms with Crippen LogP contribution in [0.2, 0.25) is 0 Å². The normalized spacial score (nSPS) is 16.3. The summed E-state index contributed by atoms with van der Waals surface area (Å²) in [4.78, 5) is 16.0. The summed E-state index contributed by atoms with van der Waals surface area (Å²) in [7, 11) is 0. The molecular formula is C21H30ClN3OS. The largest absolute Gasteiger partial charge is 0.353 e. The molecule has 1 amide bonds. The summed E-state index contributed by atoms with van der Waals surface area (Å²) in [6.07, 6.45) is 1.08. The molecule has 0 radical (unpaired) electrons. The molecule has 1 aliphatic heterocycles. The molecule has 1 aromatic heterocycles. The van der Waals surface area contributed by atoms with E-state index in [2.05, 4.69) is 59.8 Å². The highest BCUT2D eigenvalue weighted by atomic mass is 35.5. The standard InChI is InChI=1S/C21H29N3OS.ClH/c1-14(2)16-4-6-17(7-5-16)19(12-23-21(25)15(3)22)24-10-8-20-18(13-24)9-11-26-20;/h4-7,9,11,14-15,19H,8,10,12-13,22H2,1-3H3,(H,23,25);1H. The molecule has 1 aromatic carbocycles. The number of hydrogen-bond acceptors (Lipinski definition) is 4. The minimum Gasteiger partial charge on any atom is -0.353 e. The Morgan fingerprint density at radius 1 is 1.19 bits per heavy atom. The summed E-state index contributed by atoms with van der Waals surface area (Å²) in [5.41, 5.74) is 9.72. The zero-order valence-electron chi connectivity index (χ0n) is 16.3. The third-order valence-electron chi connectivity index (χ3n) is 5.15. The Kier molecular flexibility index (Phi) is 7.86. The zero-order valence-corrected chi connectivity index (χ0v) is 17.9. The van der Waals surface area contributed by atoms with Gasteiger partial charge >= 0.3 is 0 Å². The molecule has 3 N–H and O–H groups in total. The van der Waals surface area contributed by atoms with Gasteiger partial charge in [0.1, 0.15) is 0 Å². The van der Waals surface area contributed by atoms with E-state index in [1.165, 1.54) is 21.6 Å². The number of benzene rings is 1. The summed E-state index contributed by atoms with van der Waals surface area (Å²) >= 11 is 1.85. The Bertz CT molecular complexity index is 742. The second-order valence-corrected chi connectivity index (χ2v) is 8.46. The van der Waals surface area contributed by atoms with Gasteiger partial charge in [-0.25, -0.2) is 0 Å². The number of nitrogens with two attached hydrogens (primary N) is 1. The van der Waals surface area contributed by atoms with E-state index < -0.39 is 6.04 Å². The second-order valence-electron chi connectivity index (χ2n) is 7.46. The Morgan fingerprint density at radius 2 is 1.85 bits per heavy atom. The molecule has 3 rings (SSSR count). The maximum absolute atomic E-state index is 12.0. The monoisotopic (exact) mass is 407 g/mol. The highest BCUT2D eigenvalue weighted by Gasteiger charge is 2.26. The van der Waals surface area contributed by atoms with Gasteiger partial charge in [0.25, 0.3) is 0 Å². The Balaban J connectivity index is 0.00000261. The van der Waals surface area contributed by atoms with Crippen LogP contribution in [0.3, 0.4) is 0 Å². The third-order valence-corrected chi connectivity index (χ3v) is 6.17. The molecule has 0 saturated heterocycles. The first-order valence-electron chi connectivity index (χ1n) is 9.38. The molecule has 0 spiro atoms. The van der Waals surface area contributed by atoms with E-state index in [1.54, 1.807) is 6.92 Å². The van der Waals surface area contributed by atoms with Gasteiger partial charge in [0, 0.05) is 24.5 Å². The molecule has 2 unspecified atom stereocenters. The van der Waals surface area contributed by atoms with Crippen molar-refractivity contribution in [3.63, 3.8) is 0 Å². The van der Waals surface area contributed by atoms with Gasteiger partial charge < -0.3 is 11.1 Å². The van der Waals surface area contributed by atoms with Crippen molar-refractivity contribution in [1.82, 2.24) is 10.2 Å². The number of rotatable bonds is 6. The minimum absolute atomic E-state index is 0. The molecule has 0 saturated carbocycles. The summed E-state index contributed by atoms with van der Waals surface area (Å²) in [5.74, 6) is 0.422. The molecule has 0 fully saturated rings. The van der Waals surface area contributed by atoms with Crippen LogP contribution in [0.25, 0.3) is 0 Å². The first kappa shape index (κ1) is 21.9. The Morgan fingerprint density at radius 3 is 2.48 bits per heavy atom. The molecule has 4 nitrogen and oxygen atoms in total. The number of amides is 1. The lowest BCUT2D eigenvalue weighted by Crippen LogP contribution is -2.44. The zero-order chi connectivity index (χ0) is 18.7. The van der Waals surface area contributed by atoms with Gasteiger partial charge in [-0.05, 0) is 47.4 Å². The summed E-state index contributed by atoms with van der Waals surface area (Å²) < 4.78 is 0. The molecular weight excluding hydrogens is 378 g/mol. The first-order valence-corrected chi connectivity index (χ1v) is 10.3. The number of carbonyl (C=O) groups excluding carboxylic acids is 1. The maximum atomic E-state index is 12.0. The predicted octanol–water partition coefficient (Wildman–Crippen LogP) is 3.86. The molecule has 2 aromatic rings. The fraction of sp³-hybridized carbons (Fsp3) is 0.476. The van der Waals surface area contributed by atoms with Crippen LogP contribution in [-0.4, -0.2) is 29.9 Å². The molecule has 2 heterocycles. The molecule has 6 heteroatoms. The first-order chi connectivity index (χ1) is 12.5. The van der Waals surface area contributed by atoms with Gasteiger partial charge in [-0.3, -0.25) is 9.69 Å². The number of thiophene rings is 1. The average molecular weight is 408 g/mol. The van der Waals surface area contributed by atoms with Crippen LogP contribution in [0.4, 0.5) is 0 Å². The van der Waals surface area contributed by atoms with Crippen LogP contribution >= 0.6 is 23.7 Å². The third kappa shape index (κ3) is 5.32. The van der Waals surface area contributed by atoms with Crippen molar-refractivity contribution in [2.45, 2.75) is 51.7 Å². The van der Waals surface area contributed by atoms with Crippen molar-refractivity contribution < 1.29 is 4.79 Å². The molecule has 1 aliphatic rings. The number of halogens is 1. The van der Waals surface area contributed by atoms with Crippen molar-refractivity contribution in [2.24, 2.45) is 5.73 Å². The Hall–Kier alpha value is -1.40. The average Bonchev–Trinajstić information content (AvgIpc) is 3.10. The summed E-state index contributed by atoms with van der Waals surface area (Å²) in [5, 5.41) is 5.21. The van der Waals surface area contributed by atoms with Crippen molar-refractivity contribution >= 4 is 29.7 Å². The van der Waals surface area contributed by atoms with Crippen LogP contribution in [0.1, 0.15) is 54.3 Å². The number of nitrogens with one attached hydrogen (secondary N) is 1. The van der Waals surface area contributed by atoms with Crippen molar-refractivity contribution in [3.05, 3.63) is 57.3 Å². The van der Waals surface area contributed by atoms with Gasteiger partial charge in [-0.15, -0.1) is 23.7 Å². The number of hydrogen-bond donors (Lipinski definition) is 2. The minimum atomic E-state index is -0.483. The smallest absolute Gasteiger partial charge is 0.236 e. The summed E-state index contributed by atoms with van der Waals surface area (Å²) in [6.45, 7) is 8.67. The Labute approximate surface area is 172 Å². The van der Waals surface area contributed by atoms with E-state index in [9.17, 15) is 4.79 Å². The van der Waals surface area contributed by atoms with E-state index in [-0.39, 0.29) is 24.4 Å². The summed E-state index contributed by atoms with van der Waals surface area (Å²) in [6, 6.07) is 10.7. The second kappa shape index (κ2) is 9.69. The van der Waals surface area contributed by atoms with Crippen LogP contribution in [-0.2, 0) is 17.8 Å². The van der Waals surface area contributed by atoms with Crippen LogP contribution in [0, 0.1) is 0 Å². The SMILES string of the molecule is CC(N)C(=O)NCC(c1ccc(C(C)C)cc1)N1CCc2sccc2C1.Cl. The van der Waals surface area contributed by atoms with E-state index in [0.29, 0.717) is 12.5 Å². The lowest BCUT2D eigenvalue weighted by atomic mass is 9.97. The molecule has 27 heavy (non-hydrogen) atoms. The molecule has 2 atom stereocenters. The topological polar surface area (TPSA) is 58.4 Å². The van der Waals surface area contributed by atoms with Crippen molar-refractivity contribution in [2.75, 3.05) is 13.1 Å².